The van der Waals surface area contributed by atoms with Crippen LogP contribution in [0.1, 0.15) is 5.82 Å². The van der Waals surface area contributed by atoms with Gasteiger partial charge in [0.15, 0.2) is 0 Å². The second-order valence-corrected chi connectivity index (χ2v) is 2.19. The summed E-state index contributed by atoms with van der Waals surface area (Å²) in [5, 5.41) is 8.59. The fourth-order valence-corrected chi connectivity index (χ4v) is 1.03. The van der Waals surface area contributed by atoms with Crippen molar-refractivity contribution in [2.75, 3.05) is 0 Å². The van der Waals surface area contributed by atoms with Gasteiger partial charge in [0.1, 0.15) is 6.07 Å². The minimum absolute atomic E-state index is 0.431. The van der Waals surface area contributed by atoms with E-state index in [2.05, 4.69) is 4.98 Å². The molecule has 0 radical (unpaired) electrons. The van der Waals surface area contributed by atoms with E-state index in [4.69, 9.17) is 5.26 Å². The molecule has 0 N–H and O–H groups in total. The first-order valence-corrected chi connectivity index (χ1v) is 3.24. The Kier molecular flexibility index (Phi) is 1.13. The van der Waals surface area contributed by atoms with Crippen LogP contribution in [-0.4, -0.2) is 9.38 Å². The maximum Gasteiger partial charge on any atom is 0.217 e. The van der Waals surface area contributed by atoms with E-state index < -0.39 is 0 Å². The zero-order valence-electron chi connectivity index (χ0n) is 5.73. The molecule has 2 rings (SSSR count). The molecule has 3 nitrogen and oxygen atoms in total. The third-order valence-electron chi connectivity index (χ3n) is 1.54. The highest BCUT2D eigenvalue weighted by Crippen LogP contribution is 2.03. The number of hydrogen-bond acceptors (Lipinski definition) is 2. The summed E-state index contributed by atoms with van der Waals surface area (Å²) in [6.07, 6.45) is 3.50. The van der Waals surface area contributed by atoms with Gasteiger partial charge in [-0.05, 0) is 12.1 Å². The lowest BCUT2D eigenvalue weighted by Gasteiger charge is -1.90. The van der Waals surface area contributed by atoms with Crippen molar-refractivity contribution in [3.05, 3.63) is 36.4 Å². The van der Waals surface area contributed by atoms with Crippen LogP contribution in [0.15, 0.2) is 30.6 Å². The summed E-state index contributed by atoms with van der Waals surface area (Å²) in [6.45, 7) is 0. The van der Waals surface area contributed by atoms with Crippen LogP contribution in [0.3, 0.4) is 0 Å². The van der Waals surface area contributed by atoms with Crippen LogP contribution in [-0.2, 0) is 0 Å². The van der Waals surface area contributed by atoms with Crippen LogP contribution >= 0.6 is 0 Å². The molecule has 2 aromatic rings. The molecule has 0 spiro atoms. The number of aromatic nitrogens is 2. The molecule has 0 saturated heterocycles. The quantitative estimate of drug-likeness (QED) is 0.556. The third kappa shape index (κ3) is 0.767. The van der Waals surface area contributed by atoms with Gasteiger partial charge in [0.05, 0.1) is 11.7 Å². The molecule has 2 aromatic heterocycles. The molecule has 0 unspecified atom stereocenters. The van der Waals surface area contributed by atoms with Gasteiger partial charge in [-0.2, -0.15) is 5.26 Å². The van der Waals surface area contributed by atoms with Crippen molar-refractivity contribution in [2.24, 2.45) is 0 Å². The van der Waals surface area contributed by atoms with Gasteiger partial charge < -0.3 is 0 Å². The number of hydrogen-bond donors (Lipinski definition) is 0. The van der Waals surface area contributed by atoms with Gasteiger partial charge >= 0.3 is 0 Å². The van der Waals surface area contributed by atoms with Crippen LogP contribution in [0.5, 0.6) is 0 Å². The molecule has 11 heavy (non-hydrogen) atoms. The smallest absolute Gasteiger partial charge is 0.217 e. The molecule has 0 bridgehead atoms. The number of imidazole rings is 1. The molecule has 0 aliphatic carbocycles. The molecular weight excluding hydrogens is 138 g/mol. The van der Waals surface area contributed by atoms with Crippen molar-refractivity contribution in [1.82, 2.24) is 9.38 Å². The van der Waals surface area contributed by atoms with Gasteiger partial charge in [0, 0.05) is 6.20 Å². The van der Waals surface area contributed by atoms with Crippen molar-refractivity contribution in [3.8, 4) is 6.07 Å². The van der Waals surface area contributed by atoms with Gasteiger partial charge in [0.25, 0.3) is 0 Å². The molecule has 3 heteroatoms. The van der Waals surface area contributed by atoms with E-state index in [1.807, 2.05) is 30.5 Å². The first kappa shape index (κ1) is 5.93. The Balaban J connectivity index is 2.89. The average molecular weight is 143 g/mol. The summed E-state index contributed by atoms with van der Waals surface area (Å²) in [5.41, 5.74) is 0.948. The average Bonchev–Trinajstić information content (AvgIpc) is 2.47. The van der Waals surface area contributed by atoms with E-state index in [9.17, 15) is 0 Å². The monoisotopic (exact) mass is 143 g/mol. The molecule has 0 fully saturated rings. The first-order valence-electron chi connectivity index (χ1n) is 3.24. The number of nitrogens with zero attached hydrogens (tertiary/aromatic N) is 3. The third-order valence-corrected chi connectivity index (χ3v) is 1.54. The van der Waals surface area contributed by atoms with Gasteiger partial charge in [0.2, 0.25) is 5.82 Å². The molecule has 0 aromatic carbocycles. The lowest BCUT2D eigenvalue weighted by atomic mass is 10.4. The molecule has 2 heterocycles. The van der Waals surface area contributed by atoms with Crippen molar-refractivity contribution >= 4 is 5.52 Å². The number of fused-ring (bicyclic) bond motifs is 1. The highest BCUT2D eigenvalue weighted by molar-refractivity contribution is 5.47. The highest BCUT2D eigenvalue weighted by atomic mass is 15.0. The van der Waals surface area contributed by atoms with Gasteiger partial charge in [-0.3, -0.25) is 4.40 Å². The highest BCUT2D eigenvalue weighted by Gasteiger charge is 1.98. The molecule has 0 aliphatic heterocycles. The van der Waals surface area contributed by atoms with Crippen LogP contribution in [0.2, 0.25) is 0 Å². The minimum Gasteiger partial charge on any atom is -0.291 e. The Hall–Kier alpha value is -1.82. The standard InChI is InChI=1S/C8H5N3/c9-5-8-10-6-7-3-1-2-4-11(7)8/h1-4,6H. The van der Waals surface area contributed by atoms with Gasteiger partial charge in [-0.15, -0.1) is 0 Å². The van der Waals surface area contributed by atoms with Crippen molar-refractivity contribution in [2.45, 2.75) is 0 Å². The van der Waals surface area contributed by atoms with Gasteiger partial charge in [-0.1, -0.05) is 6.07 Å². The van der Waals surface area contributed by atoms with Crippen molar-refractivity contribution in [3.63, 3.8) is 0 Å². The van der Waals surface area contributed by atoms with Crippen LogP contribution < -0.4 is 0 Å². The molecule has 0 atom stereocenters. The van der Waals surface area contributed by atoms with Crippen LogP contribution in [0.25, 0.3) is 5.52 Å². The fraction of sp³-hybridized carbons (Fsp3) is 0. The van der Waals surface area contributed by atoms with Crippen molar-refractivity contribution in [1.29, 1.82) is 5.26 Å². The maximum atomic E-state index is 8.59. The Morgan fingerprint density at radius 1 is 1.45 bits per heavy atom. The Bertz CT molecular complexity index is 422. The number of rotatable bonds is 0. The van der Waals surface area contributed by atoms with Crippen molar-refractivity contribution < 1.29 is 0 Å². The van der Waals surface area contributed by atoms with E-state index in [0.29, 0.717) is 5.82 Å². The molecule has 0 aliphatic rings. The predicted octanol–water partition coefficient (Wildman–Crippen LogP) is 1.21. The summed E-state index contributed by atoms with van der Waals surface area (Å²) in [4.78, 5) is 3.92. The summed E-state index contributed by atoms with van der Waals surface area (Å²) in [5.74, 6) is 0.431. The topological polar surface area (TPSA) is 41.1 Å². The molecule has 0 amide bonds. The fourth-order valence-electron chi connectivity index (χ4n) is 1.03. The summed E-state index contributed by atoms with van der Waals surface area (Å²) in [7, 11) is 0. The van der Waals surface area contributed by atoms with Crippen LogP contribution in [0.4, 0.5) is 0 Å². The first-order chi connectivity index (χ1) is 5.42. The van der Waals surface area contributed by atoms with E-state index in [1.54, 1.807) is 10.6 Å². The Morgan fingerprint density at radius 2 is 2.36 bits per heavy atom. The zero-order valence-corrected chi connectivity index (χ0v) is 5.73. The second kappa shape index (κ2) is 2.10. The van der Waals surface area contributed by atoms with E-state index in [1.165, 1.54) is 0 Å². The molecule has 0 saturated carbocycles. The summed E-state index contributed by atoms with van der Waals surface area (Å²) < 4.78 is 1.75. The SMILES string of the molecule is N#Cc1ncc2ccccn12. The number of nitriles is 1. The Labute approximate surface area is 63.5 Å². The van der Waals surface area contributed by atoms with E-state index in [-0.39, 0.29) is 0 Å². The lowest BCUT2D eigenvalue weighted by Crippen LogP contribution is -1.86. The minimum atomic E-state index is 0.431. The largest absolute Gasteiger partial charge is 0.291 e. The summed E-state index contributed by atoms with van der Waals surface area (Å²) >= 11 is 0. The zero-order chi connectivity index (χ0) is 7.68. The summed E-state index contributed by atoms with van der Waals surface area (Å²) in [6, 6.07) is 7.70. The lowest BCUT2D eigenvalue weighted by molar-refractivity contribution is 1.10. The second-order valence-electron chi connectivity index (χ2n) is 2.19. The predicted molar refractivity (Wildman–Crippen MR) is 39.9 cm³/mol. The van der Waals surface area contributed by atoms with Gasteiger partial charge in [-0.25, -0.2) is 4.98 Å². The maximum absolute atomic E-state index is 8.59. The molecule has 52 valence electrons. The normalized spacial score (nSPS) is 9.73. The van der Waals surface area contributed by atoms with E-state index >= 15 is 0 Å². The Morgan fingerprint density at radius 3 is 3.18 bits per heavy atom. The number of pyridine rings is 1. The van der Waals surface area contributed by atoms with Crippen LogP contribution in [0, 0.1) is 11.3 Å². The molecular formula is C8H5N3. The van der Waals surface area contributed by atoms with E-state index in [0.717, 1.165) is 5.52 Å².